The van der Waals surface area contributed by atoms with Gasteiger partial charge in [0.05, 0.1) is 5.60 Å². The van der Waals surface area contributed by atoms with Gasteiger partial charge in [0.25, 0.3) is 0 Å². The molecular weight excluding hydrogens is 228 g/mol. The minimum atomic E-state index is -0.268. The van der Waals surface area contributed by atoms with Crippen LogP contribution in [0.3, 0.4) is 0 Å². The molecule has 0 aliphatic carbocycles. The lowest BCUT2D eigenvalue weighted by atomic mass is 10.0. The number of hydrogen-bond donors (Lipinski definition) is 1. The number of likely N-dealkylation sites (N-methyl/N-ethyl adjacent to an activating group) is 1. The summed E-state index contributed by atoms with van der Waals surface area (Å²) in [6.07, 6.45) is 1.08. The Morgan fingerprint density at radius 1 is 1.28 bits per heavy atom. The summed E-state index contributed by atoms with van der Waals surface area (Å²) in [6, 6.07) is 0.378. The van der Waals surface area contributed by atoms with E-state index in [-0.39, 0.29) is 18.1 Å². The maximum atomic E-state index is 11.6. The average molecular weight is 258 g/mol. The first-order valence-electron chi connectivity index (χ1n) is 6.69. The van der Waals surface area contributed by atoms with Gasteiger partial charge in [-0.05, 0) is 47.2 Å². The van der Waals surface area contributed by atoms with E-state index in [9.17, 15) is 4.79 Å². The van der Waals surface area contributed by atoms with E-state index in [1.807, 2.05) is 34.9 Å². The molecule has 0 spiro atoms. The van der Waals surface area contributed by atoms with Gasteiger partial charge in [0.1, 0.15) is 6.61 Å². The summed E-state index contributed by atoms with van der Waals surface area (Å²) in [5.74, 6) is 0.584. The van der Waals surface area contributed by atoms with Crippen LogP contribution in [0.4, 0.5) is 0 Å². The molecule has 4 heteroatoms. The van der Waals surface area contributed by atoms with Crippen LogP contribution in [0.5, 0.6) is 0 Å². The molecule has 0 aliphatic rings. The number of ether oxygens (including phenoxy) is 1. The van der Waals surface area contributed by atoms with Crippen molar-refractivity contribution < 1.29 is 9.53 Å². The second kappa shape index (κ2) is 7.74. The summed E-state index contributed by atoms with van der Waals surface area (Å²) < 4.78 is 5.44. The second-order valence-electron chi connectivity index (χ2n) is 6.45. The first-order chi connectivity index (χ1) is 8.11. The van der Waals surface area contributed by atoms with Gasteiger partial charge in [-0.25, -0.2) is 0 Å². The lowest BCUT2D eigenvalue weighted by Gasteiger charge is -2.26. The van der Waals surface area contributed by atoms with Crippen molar-refractivity contribution >= 4 is 5.91 Å². The summed E-state index contributed by atoms with van der Waals surface area (Å²) >= 11 is 0. The highest BCUT2D eigenvalue weighted by Gasteiger charge is 2.16. The van der Waals surface area contributed by atoms with E-state index in [2.05, 4.69) is 24.1 Å². The smallest absolute Gasteiger partial charge is 0.246 e. The molecule has 0 heterocycles. The molecule has 18 heavy (non-hydrogen) atoms. The minimum absolute atomic E-state index is 0.0412. The van der Waals surface area contributed by atoms with Crippen LogP contribution in [0, 0.1) is 5.92 Å². The lowest BCUT2D eigenvalue weighted by molar-refractivity contribution is -0.130. The third kappa shape index (κ3) is 9.42. The maximum Gasteiger partial charge on any atom is 0.246 e. The fourth-order valence-electron chi connectivity index (χ4n) is 1.59. The molecule has 1 atom stereocenters. The van der Waals surface area contributed by atoms with Crippen molar-refractivity contribution in [3.63, 3.8) is 0 Å². The molecule has 0 aromatic rings. The van der Waals surface area contributed by atoms with Crippen molar-refractivity contribution in [3.8, 4) is 0 Å². The molecule has 0 aromatic carbocycles. The molecule has 0 saturated carbocycles. The number of carbonyl (C=O) groups excluding carboxylic acids is 1. The summed E-state index contributed by atoms with van der Waals surface area (Å²) in [6.45, 7) is 11.0. The molecule has 108 valence electrons. The summed E-state index contributed by atoms with van der Waals surface area (Å²) in [5, 5.41) is 2.94. The molecule has 1 unspecified atom stereocenters. The Bertz CT molecular complexity index is 245. The fraction of sp³-hybridized carbons (Fsp3) is 0.929. The van der Waals surface area contributed by atoms with Gasteiger partial charge in [-0.15, -0.1) is 0 Å². The van der Waals surface area contributed by atoms with Crippen LogP contribution in [0.1, 0.15) is 41.0 Å². The van der Waals surface area contributed by atoms with Crippen molar-refractivity contribution in [2.75, 3.05) is 27.2 Å². The molecule has 0 fully saturated rings. The Kier molecular flexibility index (Phi) is 7.48. The van der Waals surface area contributed by atoms with Gasteiger partial charge in [0.2, 0.25) is 5.91 Å². The predicted octanol–water partition coefficient (Wildman–Crippen LogP) is 1.89. The predicted molar refractivity (Wildman–Crippen MR) is 75.6 cm³/mol. The SMILES string of the molecule is CC(C)CC(CNC(=O)COC(C)(C)C)N(C)C. The van der Waals surface area contributed by atoms with E-state index in [4.69, 9.17) is 4.74 Å². The van der Waals surface area contributed by atoms with Crippen LogP contribution >= 0.6 is 0 Å². The average Bonchev–Trinajstić information content (AvgIpc) is 2.19. The molecule has 1 amide bonds. The number of rotatable bonds is 7. The number of nitrogens with one attached hydrogen (secondary N) is 1. The second-order valence-corrected chi connectivity index (χ2v) is 6.45. The van der Waals surface area contributed by atoms with Gasteiger partial charge >= 0.3 is 0 Å². The van der Waals surface area contributed by atoms with Gasteiger partial charge in [0, 0.05) is 12.6 Å². The largest absolute Gasteiger partial charge is 0.366 e. The van der Waals surface area contributed by atoms with E-state index in [1.165, 1.54) is 0 Å². The topological polar surface area (TPSA) is 41.6 Å². The summed E-state index contributed by atoms with van der Waals surface area (Å²) in [7, 11) is 4.09. The molecule has 0 bridgehead atoms. The van der Waals surface area contributed by atoms with Crippen molar-refractivity contribution in [2.45, 2.75) is 52.7 Å². The molecule has 0 rings (SSSR count). The number of carbonyl (C=O) groups is 1. The van der Waals surface area contributed by atoms with Crippen molar-refractivity contribution in [1.29, 1.82) is 0 Å². The van der Waals surface area contributed by atoms with Gasteiger partial charge in [-0.1, -0.05) is 13.8 Å². The van der Waals surface area contributed by atoms with Crippen LogP contribution in [0.2, 0.25) is 0 Å². The monoisotopic (exact) mass is 258 g/mol. The first kappa shape index (κ1) is 17.4. The third-order valence-corrected chi connectivity index (χ3v) is 2.64. The molecule has 1 N–H and O–H groups in total. The van der Waals surface area contributed by atoms with Gasteiger partial charge in [-0.2, -0.15) is 0 Å². The number of nitrogens with zero attached hydrogens (tertiary/aromatic N) is 1. The third-order valence-electron chi connectivity index (χ3n) is 2.64. The Morgan fingerprint density at radius 3 is 2.22 bits per heavy atom. The maximum absolute atomic E-state index is 11.6. The van der Waals surface area contributed by atoms with Crippen LogP contribution in [-0.2, 0) is 9.53 Å². The first-order valence-corrected chi connectivity index (χ1v) is 6.69. The van der Waals surface area contributed by atoms with E-state index in [0.717, 1.165) is 6.42 Å². The highest BCUT2D eigenvalue weighted by atomic mass is 16.5. The molecule has 0 radical (unpaired) electrons. The number of hydrogen-bond acceptors (Lipinski definition) is 3. The summed E-state index contributed by atoms with van der Waals surface area (Å²) in [5.41, 5.74) is -0.268. The lowest BCUT2D eigenvalue weighted by Crippen LogP contribution is -2.42. The van der Waals surface area contributed by atoms with E-state index < -0.39 is 0 Å². The molecule has 4 nitrogen and oxygen atoms in total. The van der Waals surface area contributed by atoms with E-state index >= 15 is 0 Å². The van der Waals surface area contributed by atoms with Crippen LogP contribution in [-0.4, -0.2) is 49.7 Å². The van der Waals surface area contributed by atoms with E-state index in [1.54, 1.807) is 0 Å². The molecular formula is C14H30N2O2. The Hall–Kier alpha value is -0.610. The number of amides is 1. The minimum Gasteiger partial charge on any atom is -0.366 e. The standard InChI is InChI=1S/C14H30N2O2/c1-11(2)8-12(16(6)7)9-15-13(17)10-18-14(3,4)5/h11-12H,8-10H2,1-7H3,(H,15,17). The zero-order chi connectivity index (χ0) is 14.3. The van der Waals surface area contributed by atoms with Crippen LogP contribution in [0.15, 0.2) is 0 Å². The zero-order valence-electron chi connectivity index (χ0n) is 13.0. The molecule has 0 saturated heterocycles. The van der Waals surface area contributed by atoms with Crippen LogP contribution < -0.4 is 5.32 Å². The highest BCUT2D eigenvalue weighted by Crippen LogP contribution is 2.08. The van der Waals surface area contributed by atoms with E-state index in [0.29, 0.717) is 18.5 Å². The van der Waals surface area contributed by atoms with Gasteiger partial charge in [0.15, 0.2) is 0 Å². The quantitative estimate of drug-likeness (QED) is 0.758. The van der Waals surface area contributed by atoms with Crippen LogP contribution in [0.25, 0.3) is 0 Å². The Balaban J connectivity index is 4.00. The van der Waals surface area contributed by atoms with Crippen molar-refractivity contribution in [1.82, 2.24) is 10.2 Å². The normalized spacial score (nSPS) is 14.1. The Morgan fingerprint density at radius 2 is 1.83 bits per heavy atom. The molecule has 0 aromatic heterocycles. The fourth-order valence-corrected chi connectivity index (χ4v) is 1.59. The van der Waals surface area contributed by atoms with Gasteiger partial charge < -0.3 is 15.0 Å². The zero-order valence-corrected chi connectivity index (χ0v) is 13.0. The van der Waals surface area contributed by atoms with Crippen molar-refractivity contribution in [3.05, 3.63) is 0 Å². The highest BCUT2D eigenvalue weighted by molar-refractivity contribution is 5.77. The van der Waals surface area contributed by atoms with Gasteiger partial charge in [-0.3, -0.25) is 4.79 Å². The molecule has 0 aliphatic heterocycles. The Labute approximate surface area is 112 Å². The van der Waals surface area contributed by atoms with Crippen molar-refractivity contribution in [2.24, 2.45) is 5.92 Å². The summed E-state index contributed by atoms with van der Waals surface area (Å²) in [4.78, 5) is 13.8.